The van der Waals surface area contributed by atoms with Crippen molar-refractivity contribution in [3.8, 4) is 6.07 Å². The first-order valence-corrected chi connectivity index (χ1v) is 9.25. The first-order chi connectivity index (χ1) is 13.3. The molecule has 0 unspecified atom stereocenters. The predicted octanol–water partition coefficient (Wildman–Crippen LogP) is 3.62. The number of amides is 1. The second-order valence-corrected chi connectivity index (χ2v) is 7.07. The van der Waals surface area contributed by atoms with Crippen LogP contribution in [0, 0.1) is 17.2 Å². The minimum atomic E-state index is -4.33. The summed E-state index contributed by atoms with van der Waals surface area (Å²) in [4.78, 5) is 21.1. The van der Waals surface area contributed by atoms with Crippen molar-refractivity contribution in [1.82, 2.24) is 14.9 Å². The summed E-state index contributed by atoms with van der Waals surface area (Å²) in [6.07, 6.45) is -1.57. The van der Waals surface area contributed by atoms with Crippen molar-refractivity contribution >= 4 is 22.6 Å². The molecule has 1 aliphatic rings. The number of carbonyl (C=O) groups excluding carboxylic acids is 1. The van der Waals surface area contributed by atoms with Crippen LogP contribution in [0.3, 0.4) is 0 Å². The fourth-order valence-electron chi connectivity index (χ4n) is 3.68. The lowest BCUT2D eigenvalue weighted by Crippen LogP contribution is -2.32. The van der Waals surface area contributed by atoms with Gasteiger partial charge in [-0.1, -0.05) is 6.92 Å². The number of likely N-dealkylation sites (tertiary alicyclic amines) is 1. The lowest BCUT2D eigenvalue weighted by Gasteiger charge is -2.22. The van der Waals surface area contributed by atoms with Crippen molar-refractivity contribution in [2.45, 2.75) is 44.8 Å². The van der Waals surface area contributed by atoms with E-state index in [2.05, 4.69) is 21.4 Å². The topological polar surface area (TPSA) is 84.8 Å². The number of nitrogens with zero attached hydrogens (tertiary/aromatic N) is 3. The number of carbonyl (C=O) groups is 1. The number of hydrogen-bond acceptors (Lipinski definition) is 4. The van der Waals surface area contributed by atoms with Crippen LogP contribution in [-0.2, 0) is 11.2 Å². The number of rotatable bonds is 6. The summed E-state index contributed by atoms with van der Waals surface area (Å²) in [5.74, 6) is -0.356. The number of nitriles is 1. The summed E-state index contributed by atoms with van der Waals surface area (Å²) in [6, 6.07) is 3.90. The van der Waals surface area contributed by atoms with Gasteiger partial charge < -0.3 is 15.2 Å². The number of nitrogens with one attached hydrogen (secondary N) is 2. The van der Waals surface area contributed by atoms with Crippen LogP contribution in [0.25, 0.3) is 11.0 Å². The van der Waals surface area contributed by atoms with Crippen LogP contribution in [0.2, 0.25) is 0 Å². The van der Waals surface area contributed by atoms with Gasteiger partial charge in [-0.25, -0.2) is 4.98 Å². The molecule has 0 saturated carbocycles. The van der Waals surface area contributed by atoms with Gasteiger partial charge in [0.2, 0.25) is 5.91 Å². The number of H-pyrrole nitrogens is 1. The molecule has 0 aliphatic carbocycles. The molecule has 0 bridgehead atoms. The highest BCUT2D eigenvalue weighted by Gasteiger charge is 2.36. The second kappa shape index (κ2) is 8.09. The summed E-state index contributed by atoms with van der Waals surface area (Å²) in [6.45, 7) is 2.77. The molecule has 3 heterocycles. The molecule has 1 amide bonds. The average Bonchev–Trinajstić information content (AvgIpc) is 3.27. The summed E-state index contributed by atoms with van der Waals surface area (Å²) in [5, 5.41) is 13.4. The van der Waals surface area contributed by atoms with E-state index in [4.69, 9.17) is 5.26 Å². The zero-order valence-corrected chi connectivity index (χ0v) is 15.5. The van der Waals surface area contributed by atoms with Crippen LogP contribution in [0.4, 0.5) is 18.9 Å². The van der Waals surface area contributed by atoms with E-state index in [1.165, 1.54) is 4.90 Å². The summed E-state index contributed by atoms with van der Waals surface area (Å²) >= 11 is 0. The van der Waals surface area contributed by atoms with E-state index in [1.807, 2.05) is 13.0 Å². The van der Waals surface area contributed by atoms with E-state index in [0.29, 0.717) is 18.7 Å². The fourth-order valence-corrected chi connectivity index (χ4v) is 3.68. The zero-order valence-electron chi connectivity index (χ0n) is 15.5. The molecule has 150 valence electrons. The lowest BCUT2D eigenvalue weighted by molar-refractivity contribution is -0.148. The maximum atomic E-state index is 12.4. The van der Waals surface area contributed by atoms with E-state index >= 15 is 0 Å². The molecule has 2 aromatic heterocycles. The van der Waals surface area contributed by atoms with Crippen molar-refractivity contribution in [3.05, 3.63) is 24.0 Å². The molecule has 28 heavy (non-hydrogen) atoms. The average molecular weight is 393 g/mol. The Morgan fingerprint density at radius 1 is 1.46 bits per heavy atom. The first-order valence-electron chi connectivity index (χ1n) is 9.25. The van der Waals surface area contributed by atoms with Gasteiger partial charge in [0.05, 0.1) is 24.6 Å². The third-order valence-corrected chi connectivity index (χ3v) is 5.20. The third kappa shape index (κ3) is 4.38. The summed E-state index contributed by atoms with van der Waals surface area (Å²) in [5.41, 5.74) is 2.24. The molecule has 2 aromatic rings. The van der Waals surface area contributed by atoms with E-state index in [-0.39, 0.29) is 18.4 Å². The Bertz CT molecular complexity index is 886. The molecule has 0 aromatic carbocycles. The predicted molar refractivity (Wildman–Crippen MR) is 98.5 cm³/mol. The van der Waals surface area contributed by atoms with Crippen LogP contribution in [-0.4, -0.2) is 46.1 Å². The standard InChI is InChI=1S/C19H22F3N5O/c1-2-12-10-27(16(28)3-6-19(20,21)22)11-15(12)26-17-13(4-7-23)9-25-18-14(17)5-8-24-18/h5,8-9,12,15H,2-4,6,10-11H2,1H3,(H2,24,25,26)/t12-,15+/m0/s1. The Labute approximate surface area is 160 Å². The Hall–Kier alpha value is -2.76. The van der Waals surface area contributed by atoms with Gasteiger partial charge in [-0.3, -0.25) is 4.79 Å². The normalized spacial score (nSPS) is 19.8. The highest BCUT2D eigenvalue weighted by molar-refractivity contribution is 5.91. The Morgan fingerprint density at radius 2 is 2.25 bits per heavy atom. The van der Waals surface area contributed by atoms with Gasteiger partial charge in [0.25, 0.3) is 0 Å². The van der Waals surface area contributed by atoms with Crippen molar-refractivity contribution in [2.75, 3.05) is 18.4 Å². The highest BCUT2D eigenvalue weighted by Crippen LogP contribution is 2.31. The Balaban J connectivity index is 1.78. The van der Waals surface area contributed by atoms with Gasteiger partial charge in [-0.05, 0) is 18.4 Å². The van der Waals surface area contributed by atoms with Crippen molar-refractivity contribution < 1.29 is 18.0 Å². The largest absolute Gasteiger partial charge is 0.389 e. The minimum absolute atomic E-state index is 0.0993. The van der Waals surface area contributed by atoms with E-state index < -0.39 is 24.9 Å². The molecule has 2 N–H and O–H groups in total. The van der Waals surface area contributed by atoms with Gasteiger partial charge in [-0.2, -0.15) is 18.4 Å². The number of alkyl halides is 3. The van der Waals surface area contributed by atoms with Gasteiger partial charge in [0, 0.05) is 48.9 Å². The van der Waals surface area contributed by atoms with Gasteiger partial charge >= 0.3 is 6.18 Å². The van der Waals surface area contributed by atoms with E-state index in [1.54, 1.807) is 12.4 Å². The van der Waals surface area contributed by atoms with E-state index in [0.717, 1.165) is 23.1 Å². The van der Waals surface area contributed by atoms with Crippen LogP contribution < -0.4 is 5.32 Å². The molecule has 1 fully saturated rings. The van der Waals surface area contributed by atoms with Crippen LogP contribution in [0.15, 0.2) is 18.5 Å². The molecule has 6 nitrogen and oxygen atoms in total. The highest BCUT2D eigenvalue weighted by atomic mass is 19.4. The van der Waals surface area contributed by atoms with E-state index in [9.17, 15) is 18.0 Å². The number of fused-ring (bicyclic) bond motifs is 1. The molecule has 0 spiro atoms. The molecule has 0 radical (unpaired) electrons. The summed E-state index contributed by atoms with van der Waals surface area (Å²) < 4.78 is 37.3. The Morgan fingerprint density at radius 3 is 2.93 bits per heavy atom. The van der Waals surface area contributed by atoms with Crippen molar-refractivity contribution in [3.63, 3.8) is 0 Å². The quantitative estimate of drug-likeness (QED) is 0.785. The summed E-state index contributed by atoms with van der Waals surface area (Å²) in [7, 11) is 0. The third-order valence-electron chi connectivity index (χ3n) is 5.20. The fraction of sp³-hybridized carbons (Fsp3) is 0.526. The number of hydrogen-bond donors (Lipinski definition) is 2. The lowest BCUT2D eigenvalue weighted by atomic mass is 9.99. The van der Waals surface area contributed by atoms with Crippen LogP contribution in [0.1, 0.15) is 31.7 Å². The minimum Gasteiger partial charge on any atom is -0.379 e. The molecular formula is C19H22F3N5O. The van der Waals surface area contributed by atoms with Gasteiger partial charge in [0.1, 0.15) is 5.65 Å². The number of aromatic amines is 1. The first kappa shape index (κ1) is 20.0. The molecular weight excluding hydrogens is 371 g/mol. The van der Waals surface area contributed by atoms with Crippen molar-refractivity contribution in [2.24, 2.45) is 5.92 Å². The Kier molecular flexibility index (Phi) is 5.77. The van der Waals surface area contributed by atoms with Crippen molar-refractivity contribution in [1.29, 1.82) is 5.26 Å². The number of aromatic nitrogens is 2. The zero-order chi connectivity index (χ0) is 20.3. The molecule has 1 aliphatic heterocycles. The smallest absolute Gasteiger partial charge is 0.379 e. The number of anilines is 1. The monoisotopic (exact) mass is 393 g/mol. The molecule has 3 rings (SSSR count). The SMILES string of the molecule is CC[C@H]1CN(C(=O)CCC(F)(F)F)C[C@H]1Nc1c(CC#N)cnc2[nH]ccc12. The number of pyridine rings is 1. The maximum Gasteiger partial charge on any atom is 0.389 e. The second-order valence-electron chi connectivity index (χ2n) is 7.07. The van der Waals surface area contributed by atoms with Gasteiger partial charge in [-0.15, -0.1) is 0 Å². The molecule has 9 heteroatoms. The maximum absolute atomic E-state index is 12.4. The van der Waals surface area contributed by atoms with Gasteiger partial charge in [0.15, 0.2) is 0 Å². The molecule has 1 saturated heterocycles. The van der Waals surface area contributed by atoms with Crippen LogP contribution in [0.5, 0.6) is 0 Å². The van der Waals surface area contributed by atoms with Crippen LogP contribution >= 0.6 is 0 Å². The number of halogens is 3. The molecule has 2 atom stereocenters.